The standard InChI is InChI=1S/C55H74ClN13O4/c1-6-40-36-62-69-46(30-47(63-49(40)69)68-20-8-7-11-43(68)18-27-70)58-32-39-12-15-48(59-33-39)72-28-10-9-19-65-23-25-66(26-24-65)37-38-16-21-67(22-17-38)53-60-34-42(35-61-53)50(71)64-51-54(2,3)52(55(51,4)5)73-44-14-13-41(31-57)45(56)29-44/h12-15,29-30,33-36,38,43,51-52,58,70H,6-11,16-28,32,37H2,1-5H3,(H,64,71)/t43-,51?,52?/m0/s1. The first kappa shape index (κ1) is 52.1. The third-order valence-electron chi connectivity index (χ3n) is 15.9. The summed E-state index contributed by atoms with van der Waals surface area (Å²) < 4.78 is 14.4. The van der Waals surface area contributed by atoms with E-state index in [2.05, 4.69) is 103 Å². The predicted octanol–water partition coefficient (Wildman–Crippen LogP) is 7.66. The van der Waals surface area contributed by atoms with Crippen molar-refractivity contribution in [3.05, 3.63) is 88.5 Å². The maximum atomic E-state index is 13.5. The molecule has 3 N–H and O–H groups in total. The highest BCUT2D eigenvalue weighted by Crippen LogP contribution is 2.55. The van der Waals surface area contributed by atoms with Gasteiger partial charge < -0.3 is 44.8 Å². The Morgan fingerprint density at radius 1 is 0.904 bits per heavy atom. The van der Waals surface area contributed by atoms with Crippen LogP contribution in [0.25, 0.3) is 5.65 Å². The summed E-state index contributed by atoms with van der Waals surface area (Å²) in [5.41, 5.74) is 3.15. The number of piperidine rings is 2. The number of aromatic nitrogens is 6. The Kier molecular flexibility index (Phi) is 16.5. The van der Waals surface area contributed by atoms with Gasteiger partial charge in [0, 0.05) is 131 Å². The zero-order chi connectivity index (χ0) is 51.1. The number of hydrogen-bond acceptors (Lipinski definition) is 15. The number of carbonyl (C=O) groups is 1. The third-order valence-corrected chi connectivity index (χ3v) is 16.2. The second-order valence-corrected chi connectivity index (χ2v) is 22.1. The number of anilines is 3. The van der Waals surface area contributed by atoms with Crippen molar-refractivity contribution >= 4 is 40.7 Å². The summed E-state index contributed by atoms with van der Waals surface area (Å²) in [6, 6.07) is 13.4. The Morgan fingerprint density at radius 3 is 2.37 bits per heavy atom. The quantitative estimate of drug-likeness (QED) is 0.0645. The summed E-state index contributed by atoms with van der Waals surface area (Å²) in [5, 5.41) is 30.9. The fourth-order valence-corrected chi connectivity index (χ4v) is 12.2. The van der Waals surface area contributed by atoms with E-state index in [0.717, 1.165) is 139 Å². The van der Waals surface area contributed by atoms with Crippen molar-refractivity contribution in [1.82, 2.24) is 44.7 Å². The van der Waals surface area contributed by atoms with Crippen molar-refractivity contribution in [2.24, 2.45) is 16.7 Å². The molecule has 0 unspecified atom stereocenters. The normalized spacial score (nSPS) is 21.4. The van der Waals surface area contributed by atoms with Crippen LogP contribution in [0.15, 0.2) is 61.2 Å². The number of aryl methyl sites for hydroxylation is 1. The smallest absolute Gasteiger partial charge is 0.254 e. The van der Waals surface area contributed by atoms with Gasteiger partial charge >= 0.3 is 0 Å². The van der Waals surface area contributed by atoms with E-state index in [9.17, 15) is 15.2 Å². The largest absolute Gasteiger partial charge is 0.489 e. The van der Waals surface area contributed by atoms with Crippen molar-refractivity contribution in [2.45, 2.75) is 117 Å². The molecule has 0 radical (unpaired) electrons. The van der Waals surface area contributed by atoms with Crippen LogP contribution >= 0.6 is 11.6 Å². The van der Waals surface area contributed by atoms with Gasteiger partial charge in [-0.25, -0.2) is 19.9 Å². The summed E-state index contributed by atoms with van der Waals surface area (Å²) in [4.78, 5) is 42.3. The fourth-order valence-electron chi connectivity index (χ4n) is 12.0. The van der Waals surface area contributed by atoms with Crippen molar-refractivity contribution in [3.63, 3.8) is 0 Å². The minimum absolute atomic E-state index is 0.153. The van der Waals surface area contributed by atoms with Crippen molar-refractivity contribution in [3.8, 4) is 17.7 Å². The van der Waals surface area contributed by atoms with E-state index in [1.807, 2.05) is 23.0 Å². The number of benzene rings is 1. The number of pyridine rings is 1. The van der Waals surface area contributed by atoms with Crippen LogP contribution in [-0.2, 0) is 13.0 Å². The number of carbonyl (C=O) groups excluding carboxylic acids is 1. The lowest BCUT2D eigenvalue weighted by Crippen LogP contribution is -2.74. The lowest BCUT2D eigenvalue weighted by Gasteiger charge is -2.63. The molecule has 1 amide bonds. The minimum Gasteiger partial charge on any atom is -0.489 e. The molecule has 1 saturated carbocycles. The second kappa shape index (κ2) is 23.2. The molecule has 9 rings (SSSR count). The zero-order valence-corrected chi connectivity index (χ0v) is 44.2. The Morgan fingerprint density at radius 2 is 1.67 bits per heavy atom. The molecule has 3 aliphatic heterocycles. The molecule has 1 aliphatic carbocycles. The highest BCUT2D eigenvalue weighted by atomic mass is 35.5. The molecule has 7 heterocycles. The molecule has 0 spiro atoms. The SMILES string of the molecule is CCc1cnn2c(NCc3ccc(OCCCCN4CCN(CC5CCN(c6ncc(C(=O)NC7C(C)(C)C(Oc8ccc(C#N)c(Cl)c8)C7(C)C)cn6)CC5)CC4)nc3)cc(N3CCCC[C@H]3CCO)nc12. The monoisotopic (exact) mass is 1020 g/mol. The fraction of sp³-hybridized carbons (Fsp3) is 0.582. The molecular weight excluding hydrogens is 942 g/mol. The van der Waals surface area contributed by atoms with Gasteiger partial charge in [0.25, 0.3) is 5.91 Å². The maximum absolute atomic E-state index is 13.5. The Bertz CT molecular complexity index is 2660. The number of piperazine rings is 1. The molecule has 1 atom stereocenters. The van der Waals surface area contributed by atoms with E-state index in [4.69, 9.17) is 26.1 Å². The molecule has 390 valence electrons. The molecule has 73 heavy (non-hydrogen) atoms. The molecule has 0 bridgehead atoms. The number of nitrogens with zero attached hydrogens (tertiary/aromatic N) is 11. The molecule has 3 saturated heterocycles. The van der Waals surface area contributed by atoms with Gasteiger partial charge in [-0.2, -0.15) is 14.9 Å². The summed E-state index contributed by atoms with van der Waals surface area (Å²) in [7, 11) is 0. The number of nitriles is 1. The number of halogens is 1. The van der Waals surface area contributed by atoms with Crippen molar-refractivity contribution in [2.75, 3.05) is 87.2 Å². The van der Waals surface area contributed by atoms with Crippen LogP contribution in [0.5, 0.6) is 11.6 Å². The summed E-state index contributed by atoms with van der Waals surface area (Å²) >= 11 is 6.27. The van der Waals surface area contributed by atoms with Gasteiger partial charge in [0.1, 0.15) is 29.6 Å². The zero-order valence-electron chi connectivity index (χ0n) is 43.4. The van der Waals surface area contributed by atoms with Crippen LogP contribution in [0.2, 0.25) is 5.02 Å². The van der Waals surface area contributed by atoms with E-state index < -0.39 is 0 Å². The summed E-state index contributed by atoms with van der Waals surface area (Å²) in [6.07, 6.45) is 16.1. The van der Waals surface area contributed by atoms with Gasteiger partial charge in [-0.3, -0.25) is 4.79 Å². The number of aliphatic hydroxyl groups excluding tert-OH is 1. The lowest BCUT2D eigenvalue weighted by molar-refractivity contribution is -0.164. The number of fused-ring (bicyclic) bond motifs is 1. The van der Waals surface area contributed by atoms with Crippen LogP contribution in [0, 0.1) is 28.1 Å². The molecule has 17 nitrogen and oxygen atoms in total. The maximum Gasteiger partial charge on any atom is 0.254 e. The van der Waals surface area contributed by atoms with E-state index in [1.54, 1.807) is 30.6 Å². The van der Waals surface area contributed by atoms with E-state index in [0.29, 0.717) is 58.8 Å². The average molecular weight is 1020 g/mol. The summed E-state index contributed by atoms with van der Waals surface area (Å²) in [6.45, 7) is 21.3. The Balaban J connectivity index is 0.646. The first-order valence-corrected chi connectivity index (χ1v) is 27.0. The van der Waals surface area contributed by atoms with Gasteiger partial charge in [-0.15, -0.1) is 0 Å². The summed E-state index contributed by atoms with van der Waals surface area (Å²) in [5.74, 6) is 4.19. The predicted molar refractivity (Wildman–Crippen MR) is 285 cm³/mol. The van der Waals surface area contributed by atoms with Crippen LogP contribution in [0.4, 0.5) is 17.6 Å². The number of nitrogens with one attached hydrogen (secondary N) is 2. The van der Waals surface area contributed by atoms with Gasteiger partial charge in [0.15, 0.2) is 5.65 Å². The van der Waals surface area contributed by atoms with Gasteiger partial charge in [0.05, 0.1) is 29.0 Å². The molecule has 5 aromatic rings. The highest BCUT2D eigenvalue weighted by molar-refractivity contribution is 6.31. The van der Waals surface area contributed by atoms with Crippen LogP contribution in [0.3, 0.4) is 0 Å². The number of rotatable bonds is 20. The Hall–Kier alpha value is -5.80. The number of ether oxygens (including phenoxy) is 2. The number of amides is 1. The molecule has 1 aromatic carbocycles. The number of hydrogen-bond donors (Lipinski definition) is 3. The third kappa shape index (κ3) is 11.9. The van der Waals surface area contributed by atoms with Gasteiger partial charge in [0.2, 0.25) is 11.8 Å². The van der Waals surface area contributed by atoms with E-state index >= 15 is 0 Å². The minimum atomic E-state index is -0.368. The molecular formula is C55H74ClN13O4. The van der Waals surface area contributed by atoms with Crippen molar-refractivity contribution < 1.29 is 19.4 Å². The van der Waals surface area contributed by atoms with E-state index in [-0.39, 0.29) is 35.5 Å². The topological polar surface area (TPSA) is 185 Å². The molecule has 4 fully saturated rings. The van der Waals surface area contributed by atoms with Crippen LogP contribution < -0.4 is 29.9 Å². The Labute approximate surface area is 435 Å². The molecule has 4 aliphatic rings. The first-order chi connectivity index (χ1) is 35.3. The van der Waals surface area contributed by atoms with Gasteiger partial charge in [-0.1, -0.05) is 52.3 Å². The van der Waals surface area contributed by atoms with Crippen LogP contribution in [0.1, 0.15) is 113 Å². The highest BCUT2D eigenvalue weighted by Gasteiger charge is 2.64. The second-order valence-electron chi connectivity index (χ2n) is 21.7. The first-order valence-electron chi connectivity index (χ1n) is 26.6. The molecule has 18 heteroatoms. The number of aliphatic hydroxyl groups is 1. The average Bonchev–Trinajstić information content (AvgIpc) is 3.83. The van der Waals surface area contributed by atoms with Crippen LogP contribution in [-0.4, -0.2) is 141 Å². The lowest BCUT2D eigenvalue weighted by atomic mass is 9.49. The molecule has 4 aromatic heterocycles. The number of unbranched alkanes of at least 4 members (excludes halogenated alkanes) is 1. The van der Waals surface area contributed by atoms with Gasteiger partial charge in [-0.05, 0) is 87.9 Å². The van der Waals surface area contributed by atoms with E-state index in [1.165, 1.54) is 6.42 Å². The van der Waals surface area contributed by atoms with Crippen molar-refractivity contribution in [1.29, 1.82) is 5.26 Å².